The fourth-order valence-corrected chi connectivity index (χ4v) is 19.2. The van der Waals surface area contributed by atoms with Crippen molar-refractivity contribution in [2.75, 3.05) is 0 Å². The summed E-state index contributed by atoms with van der Waals surface area (Å²) in [5.41, 5.74) is 2.39. The molecule has 0 N–H and O–H groups in total. The highest BCUT2D eigenvalue weighted by molar-refractivity contribution is 7.25. The predicted molar refractivity (Wildman–Crippen MR) is 255 cm³/mol. The molecule has 0 saturated heterocycles. The Morgan fingerprint density at radius 3 is 0.828 bits per heavy atom. The fourth-order valence-electron chi connectivity index (χ4n) is 8.28. The summed E-state index contributed by atoms with van der Waals surface area (Å²) in [6, 6.07) is 69.7. The Kier molecular flexibility index (Phi) is 11.0. The van der Waals surface area contributed by atoms with E-state index in [1.54, 1.807) is 0 Å². The van der Waals surface area contributed by atoms with Gasteiger partial charge in [-0.25, -0.2) is 0 Å². The molecule has 0 aliphatic rings. The number of rotatable bonds is 11. The van der Waals surface area contributed by atoms with Crippen molar-refractivity contribution in [3.63, 3.8) is 0 Å². The maximum absolute atomic E-state index is 7.27. The van der Waals surface area contributed by atoms with Gasteiger partial charge in [0.25, 0.3) is 0 Å². The predicted octanol–water partition coefficient (Wildman–Crippen LogP) is 12.7. The van der Waals surface area contributed by atoms with Crippen LogP contribution in [0.25, 0.3) is 30.6 Å². The summed E-state index contributed by atoms with van der Waals surface area (Å²) in [5.74, 6) is 1.81. The third kappa shape index (κ3) is 7.58. The van der Waals surface area contributed by atoms with Crippen LogP contribution in [-0.4, -0.2) is 16.6 Å². The molecule has 0 unspecified atom stereocenters. The van der Waals surface area contributed by atoms with E-state index < -0.39 is 16.6 Å². The highest BCUT2D eigenvalue weighted by Gasteiger charge is 2.53. The second kappa shape index (κ2) is 16.2. The second-order valence-corrected chi connectivity index (χ2v) is 27.5. The zero-order valence-corrected chi connectivity index (χ0v) is 37.7. The molecule has 8 rings (SSSR count). The lowest BCUT2D eigenvalue weighted by Gasteiger charge is -2.43. The molecule has 0 fully saturated rings. The third-order valence-electron chi connectivity index (χ3n) is 11.1. The number of benzene rings is 6. The summed E-state index contributed by atoms with van der Waals surface area (Å²) in [6.45, 7) is 13.9. The molecule has 8 aromatic rings. The molecular weight excluding hydrogens is 777 g/mol. The van der Waals surface area contributed by atoms with Gasteiger partial charge in [0.2, 0.25) is 0 Å². The summed E-state index contributed by atoms with van der Waals surface area (Å²) >= 11 is 3.67. The monoisotopic (exact) mass is 826 g/mol. The third-order valence-corrected chi connectivity index (χ3v) is 23.5. The smallest absolute Gasteiger partial charge is 0.319 e. The van der Waals surface area contributed by atoms with E-state index in [0.29, 0.717) is 0 Å². The Balaban J connectivity index is 1.02. The van der Waals surface area contributed by atoms with E-state index in [9.17, 15) is 0 Å². The van der Waals surface area contributed by atoms with Crippen molar-refractivity contribution >= 4 is 60.1 Å². The summed E-state index contributed by atoms with van der Waals surface area (Å²) < 4.78 is 14.5. The molecule has 0 aliphatic heterocycles. The van der Waals surface area contributed by atoms with Crippen LogP contribution in [0.2, 0.25) is 10.1 Å². The molecule has 0 aliphatic carbocycles. The van der Waals surface area contributed by atoms with Gasteiger partial charge >= 0.3 is 16.6 Å². The van der Waals surface area contributed by atoms with Gasteiger partial charge in [0, 0.05) is 19.5 Å². The van der Waals surface area contributed by atoms with Gasteiger partial charge in [-0.1, -0.05) is 163 Å². The van der Waals surface area contributed by atoms with Crippen LogP contribution in [0.4, 0.5) is 0 Å². The minimum Gasteiger partial charge on any atom is -0.534 e. The standard InChI is InChI=1S/C52H50O2S2Si2/c1-51(2,3)57(43-19-11-7-12-20-43,44-21-13-8-14-22-44)53-41-31-27-39(28-32-41)47-35-37-49(55-47)50-38-36-48(56-50)40-29-33-42(34-30-40)54-58(52(4,5)6,45-23-15-9-16-24-45)46-25-17-10-18-26-46/h7-38H,1-6H3. The minimum absolute atomic E-state index is 0.100. The van der Waals surface area contributed by atoms with Crippen LogP contribution < -0.4 is 29.6 Å². The maximum atomic E-state index is 7.27. The molecule has 2 heterocycles. The lowest BCUT2D eigenvalue weighted by molar-refractivity contribution is 0.508. The molecule has 0 radical (unpaired) electrons. The zero-order valence-electron chi connectivity index (χ0n) is 34.1. The van der Waals surface area contributed by atoms with E-state index >= 15 is 0 Å². The van der Waals surface area contributed by atoms with Crippen molar-refractivity contribution in [2.45, 2.75) is 51.6 Å². The van der Waals surface area contributed by atoms with Crippen molar-refractivity contribution in [3.05, 3.63) is 194 Å². The quantitative estimate of drug-likeness (QED) is 0.121. The molecule has 2 nitrogen and oxygen atoms in total. The average molecular weight is 827 g/mol. The van der Waals surface area contributed by atoms with Crippen molar-refractivity contribution < 1.29 is 8.85 Å². The molecular formula is C52H50O2S2Si2. The van der Waals surface area contributed by atoms with E-state index in [2.05, 4.69) is 236 Å². The van der Waals surface area contributed by atoms with Crippen LogP contribution >= 0.6 is 22.7 Å². The van der Waals surface area contributed by atoms with Crippen LogP contribution in [0, 0.1) is 0 Å². The lowest BCUT2D eigenvalue weighted by atomic mass is 10.2. The van der Waals surface area contributed by atoms with Gasteiger partial charge in [0.05, 0.1) is 0 Å². The first kappa shape index (κ1) is 39.6. The van der Waals surface area contributed by atoms with Crippen LogP contribution in [0.3, 0.4) is 0 Å². The average Bonchev–Trinajstić information content (AvgIpc) is 3.94. The van der Waals surface area contributed by atoms with Crippen molar-refractivity contribution in [1.82, 2.24) is 0 Å². The highest BCUT2D eigenvalue weighted by atomic mass is 32.1. The van der Waals surface area contributed by atoms with Gasteiger partial charge in [-0.3, -0.25) is 0 Å². The number of thiophene rings is 2. The minimum atomic E-state index is -2.70. The summed E-state index contributed by atoms with van der Waals surface area (Å²) in [5, 5.41) is 4.89. The van der Waals surface area contributed by atoms with Crippen molar-refractivity contribution in [1.29, 1.82) is 0 Å². The Bertz CT molecular complexity index is 2290. The largest absolute Gasteiger partial charge is 0.534 e. The first-order valence-electron chi connectivity index (χ1n) is 20.0. The molecule has 0 amide bonds. The summed E-state index contributed by atoms with van der Waals surface area (Å²) in [7, 11) is -5.41. The van der Waals surface area contributed by atoms with E-state index in [4.69, 9.17) is 8.85 Å². The maximum Gasteiger partial charge on any atom is 0.319 e. The zero-order chi connectivity index (χ0) is 40.4. The molecule has 6 aromatic carbocycles. The number of hydrogen-bond acceptors (Lipinski definition) is 4. The Morgan fingerprint density at radius 1 is 0.310 bits per heavy atom. The summed E-state index contributed by atoms with van der Waals surface area (Å²) in [4.78, 5) is 5.02. The molecule has 290 valence electrons. The molecule has 0 spiro atoms. The van der Waals surface area contributed by atoms with Crippen LogP contribution in [0.15, 0.2) is 194 Å². The molecule has 58 heavy (non-hydrogen) atoms. The molecule has 2 aromatic heterocycles. The van der Waals surface area contributed by atoms with Crippen LogP contribution in [0.5, 0.6) is 11.5 Å². The second-order valence-electron chi connectivity index (χ2n) is 16.9. The Hall–Kier alpha value is -5.25. The van der Waals surface area contributed by atoms with Gasteiger partial charge in [0.1, 0.15) is 11.5 Å². The van der Waals surface area contributed by atoms with E-state index in [1.807, 2.05) is 22.7 Å². The van der Waals surface area contributed by atoms with Crippen LogP contribution in [0.1, 0.15) is 41.5 Å². The highest BCUT2D eigenvalue weighted by Crippen LogP contribution is 2.43. The van der Waals surface area contributed by atoms with E-state index in [0.717, 1.165) is 11.5 Å². The molecule has 0 atom stereocenters. The van der Waals surface area contributed by atoms with Gasteiger partial charge < -0.3 is 8.85 Å². The van der Waals surface area contributed by atoms with Gasteiger partial charge in [-0.15, -0.1) is 22.7 Å². The molecule has 6 heteroatoms. The van der Waals surface area contributed by atoms with E-state index in [-0.39, 0.29) is 10.1 Å². The first-order chi connectivity index (χ1) is 28.0. The fraction of sp³-hybridized carbons (Fsp3) is 0.154. The molecule has 0 bridgehead atoms. The van der Waals surface area contributed by atoms with Crippen molar-refractivity contribution in [2.24, 2.45) is 0 Å². The van der Waals surface area contributed by atoms with E-state index in [1.165, 1.54) is 51.4 Å². The Labute approximate surface area is 354 Å². The first-order valence-corrected chi connectivity index (χ1v) is 25.4. The lowest BCUT2D eigenvalue weighted by Crippen LogP contribution is -2.68. The van der Waals surface area contributed by atoms with Gasteiger partial charge in [0.15, 0.2) is 0 Å². The van der Waals surface area contributed by atoms with Gasteiger partial charge in [-0.2, -0.15) is 0 Å². The molecule has 0 saturated carbocycles. The number of hydrogen-bond donors (Lipinski definition) is 0. The van der Waals surface area contributed by atoms with Gasteiger partial charge in [-0.05, 0) is 115 Å². The topological polar surface area (TPSA) is 18.5 Å². The summed E-state index contributed by atoms with van der Waals surface area (Å²) in [6.07, 6.45) is 0. The Morgan fingerprint density at radius 2 is 0.569 bits per heavy atom. The van der Waals surface area contributed by atoms with Crippen molar-refractivity contribution in [3.8, 4) is 42.1 Å². The SMILES string of the molecule is CC(C)(C)[Si](Oc1ccc(-c2ccc(-c3ccc(-c4ccc(O[Si](c5ccccc5)(c5ccccc5)C(C)(C)C)cc4)s3)s2)cc1)(c1ccccc1)c1ccccc1. The normalized spacial score (nSPS) is 12.3. The van der Waals surface area contributed by atoms with Crippen LogP contribution in [-0.2, 0) is 0 Å².